The second-order valence-corrected chi connectivity index (χ2v) is 8.28. The van der Waals surface area contributed by atoms with Crippen LogP contribution in [0, 0.1) is 0 Å². The fourth-order valence-electron chi connectivity index (χ4n) is 3.34. The van der Waals surface area contributed by atoms with Gasteiger partial charge in [0.05, 0.1) is 12.1 Å². The molecule has 2 amide bonds. The number of hydrogen-bond donors (Lipinski definition) is 1. The van der Waals surface area contributed by atoms with Crippen LogP contribution in [-0.2, 0) is 11.2 Å². The molecule has 30 heavy (non-hydrogen) atoms. The van der Waals surface area contributed by atoms with Gasteiger partial charge < -0.3 is 9.80 Å². The molecular weight excluding hydrogens is 420 g/mol. The molecule has 0 spiro atoms. The fourth-order valence-corrected chi connectivity index (χ4v) is 4.17. The number of halogens is 1. The second-order valence-electron chi connectivity index (χ2n) is 6.99. The summed E-state index contributed by atoms with van der Waals surface area (Å²) >= 11 is 7.16. The molecule has 0 saturated carbocycles. The number of amides is 2. The molecule has 4 rings (SSSR count). The van der Waals surface area contributed by atoms with Crippen LogP contribution in [0.4, 0.5) is 10.8 Å². The minimum absolute atomic E-state index is 0.0589. The van der Waals surface area contributed by atoms with Crippen LogP contribution in [0.15, 0.2) is 60.0 Å². The van der Waals surface area contributed by atoms with Gasteiger partial charge >= 0.3 is 0 Å². The molecular formula is C22H21ClN4O2S. The summed E-state index contributed by atoms with van der Waals surface area (Å²) in [6.07, 6.45) is 0.235. The number of anilines is 2. The number of thiazole rings is 1. The molecule has 3 aromatic rings. The van der Waals surface area contributed by atoms with Crippen molar-refractivity contribution in [2.24, 2.45) is 0 Å². The van der Waals surface area contributed by atoms with Crippen molar-refractivity contribution in [2.45, 2.75) is 6.42 Å². The van der Waals surface area contributed by atoms with Gasteiger partial charge in [-0.15, -0.1) is 11.3 Å². The maximum absolute atomic E-state index is 12.7. The molecule has 1 aromatic heterocycles. The Hall–Kier alpha value is -2.90. The molecule has 0 bridgehead atoms. The van der Waals surface area contributed by atoms with Gasteiger partial charge in [-0.2, -0.15) is 0 Å². The first-order chi connectivity index (χ1) is 14.6. The largest absolute Gasteiger partial charge is 0.368 e. The molecule has 6 nitrogen and oxygen atoms in total. The van der Waals surface area contributed by atoms with Crippen molar-refractivity contribution in [3.8, 4) is 0 Å². The Labute approximate surface area is 184 Å². The average Bonchev–Trinajstić information content (AvgIpc) is 3.21. The molecule has 2 aromatic carbocycles. The van der Waals surface area contributed by atoms with Crippen LogP contribution in [0.25, 0.3) is 0 Å². The number of hydrogen-bond acceptors (Lipinski definition) is 5. The molecule has 0 atom stereocenters. The summed E-state index contributed by atoms with van der Waals surface area (Å²) in [5, 5.41) is 5.64. The molecule has 1 aliphatic rings. The molecule has 1 aliphatic heterocycles. The van der Waals surface area contributed by atoms with Gasteiger partial charge in [-0.3, -0.25) is 14.9 Å². The van der Waals surface area contributed by atoms with Crippen molar-refractivity contribution < 1.29 is 9.59 Å². The van der Waals surface area contributed by atoms with Crippen molar-refractivity contribution in [1.29, 1.82) is 0 Å². The predicted molar refractivity (Wildman–Crippen MR) is 120 cm³/mol. The zero-order valence-corrected chi connectivity index (χ0v) is 17.8. The van der Waals surface area contributed by atoms with Crippen LogP contribution in [0.3, 0.4) is 0 Å². The van der Waals surface area contributed by atoms with Crippen molar-refractivity contribution in [2.75, 3.05) is 36.4 Å². The first-order valence-electron chi connectivity index (χ1n) is 9.67. The maximum atomic E-state index is 12.7. The third-order valence-electron chi connectivity index (χ3n) is 4.96. The number of para-hydroxylation sites is 1. The van der Waals surface area contributed by atoms with E-state index in [0.717, 1.165) is 13.1 Å². The Kier molecular flexibility index (Phi) is 6.30. The first kappa shape index (κ1) is 20.4. The van der Waals surface area contributed by atoms with Crippen molar-refractivity contribution in [3.63, 3.8) is 0 Å². The molecule has 8 heteroatoms. The molecule has 2 heterocycles. The van der Waals surface area contributed by atoms with E-state index in [0.29, 0.717) is 34.5 Å². The van der Waals surface area contributed by atoms with Crippen LogP contribution in [-0.4, -0.2) is 47.9 Å². The Morgan fingerprint density at radius 1 is 1.00 bits per heavy atom. The lowest BCUT2D eigenvalue weighted by Gasteiger charge is -2.36. The second kappa shape index (κ2) is 9.28. The average molecular weight is 441 g/mol. The maximum Gasteiger partial charge on any atom is 0.257 e. The van der Waals surface area contributed by atoms with Crippen LogP contribution < -0.4 is 10.2 Å². The van der Waals surface area contributed by atoms with E-state index in [9.17, 15) is 9.59 Å². The highest BCUT2D eigenvalue weighted by atomic mass is 35.5. The highest BCUT2D eigenvalue weighted by Crippen LogP contribution is 2.19. The van der Waals surface area contributed by atoms with E-state index in [4.69, 9.17) is 11.6 Å². The molecule has 0 radical (unpaired) electrons. The van der Waals surface area contributed by atoms with Gasteiger partial charge in [-0.1, -0.05) is 29.8 Å². The van der Waals surface area contributed by atoms with Gasteiger partial charge in [0, 0.05) is 47.8 Å². The quantitative estimate of drug-likeness (QED) is 0.652. The molecule has 1 fully saturated rings. The molecule has 154 valence electrons. The van der Waals surface area contributed by atoms with E-state index in [1.165, 1.54) is 17.0 Å². The van der Waals surface area contributed by atoms with Crippen molar-refractivity contribution in [3.05, 3.63) is 76.3 Å². The van der Waals surface area contributed by atoms with Gasteiger partial charge in [0.1, 0.15) is 0 Å². The lowest BCUT2D eigenvalue weighted by Crippen LogP contribution is -2.49. The topological polar surface area (TPSA) is 65.5 Å². The third kappa shape index (κ3) is 4.98. The van der Waals surface area contributed by atoms with Gasteiger partial charge in [0.15, 0.2) is 5.13 Å². The number of carbonyl (C=O) groups excluding carboxylic acids is 2. The van der Waals surface area contributed by atoms with Crippen molar-refractivity contribution in [1.82, 2.24) is 9.88 Å². The summed E-state index contributed by atoms with van der Waals surface area (Å²) in [6.45, 7) is 3.01. The summed E-state index contributed by atoms with van der Waals surface area (Å²) in [6, 6.07) is 16.9. The molecule has 1 N–H and O–H groups in total. The summed E-state index contributed by atoms with van der Waals surface area (Å²) in [7, 11) is 0. The first-order valence-corrected chi connectivity index (χ1v) is 10.9. The number of nitrogens with one attached hydrogen (secondary N) is 1. The van der Waals surface area contributed by atoms with Crippen LogP contribution in [0.5, 0.6) is 0 Å². The Bertz CT molecular complexity index is 1020. The fraction of sp³-hybridized carbons (Fsp3) is 0.227. The minimum Gasteiger partial charge on any atom is -0.368 e. The lowest BCUT2D eigenvalue weighted by molar-refractivity contribution is -0.130. The van der Waals surface area contributed by atoms with Gasteiger partial charge in [0.2, 0.25) is 5.91 Å². The summed E-state index contributed by atoms with van der Waals surface area (Å²) in [5.74, 6) is -0.195. The molecule has 1 saturated heterocycles. The van der Waals surface area contributed by atoms with E-state index in [1.54, 1.807) is 24.3 Å². The SMILES string of the molecule is O=C(Nc1nc(CC(=O)N2CCN(c3ccccc3)CC2)cs1)c1ccc(Cl)cc1. The Morgan fingerprint density at radius 3 is 2.40 bits per heavy atom. The van der Waals surface area contributed by atoms with E-state index in [2.05, 4.69) is 27.3 Å². The predicted octanol–water partition coefficient (Wildman–Crippen LogP) is 3.94. The lowest BCUT2D eigenvalue weighted by atomic mass is 10.2. The molecule has 0 aliphatic carbocycles. The summed E-state index contributed by atoms with van der Waals surface area (Å²) in [4.78, 5) is 33.5. The monoisotopic (exact) mass is 440 g/mol. The van der Waals surface area contributed by atoms with Crippen molar-refractivity contribution >= 4 is 45.6 Å². The Balaban J connectivity index is 1.29. The highest BCUT2D eigenvalue weighted by molar-refractivity contribution is 7.14. The van der Waals surface area contributed by atoms with E-state index in [-0.39, 0.29) is 18.2 Å². The third-order valence-corrected chi connectivity index (χ3v) is 6.02. The number of aromatic nitrogens is 1. The standard InChI is InChI=1S/C22H21ClN4O2S/c23-17-8-6-16(7-9-17)21(29)25-22-24-18(15-30-22)14-20(28)27-12-10-26(11-13-27)19-4-2-1-3-5-19/h1-9,15H,10-14H2,(H,24,25,29). The van der Waals surface area contributed by atoms with Gasteiger partial charge in [-0.25, -0.2) is 4.98 Å². The van der Waals surface area contributed by atoms with Gasteiger partial charge in [0.25, 0.3) is 5.91 Å². The smallest absolute Gasteiger partial charge is 0.257 e. The van der Waals surface area contributed by atoms with Crippen LogP contribution in [0.1, 0.15) is 16.1 Å². The van der Waals surface area contributed by atoms with Gasteiger partial charge in [-0.05, 0) is 36.4 Å². The van der Waals surface area contributed by atoms with Crippen LogP contribution >= 0.6 is 22.9 Å². The summed E-state index contributed by atoms with van der Waals surface area (Å²) < 4.78 is 0. The zero-order chi connectivity index (χ0) is 20.9. The number of benzene rings is 2. The number of rotatable bonds is 5. The number of piperazine rings is 1. The van der Waals surface area contributed by atoms with E-state index in [1.807, 2.05) is 28.5 Å². The zero-order valence-electron chi connectivity index (χ0n) is 16.3. The van der Waals surface area contributed by atoms with E-state index >= 15 is 0 Å². The summed E-state index contributed by atoms with van der Waals surface area (Å²) in [5.41, 5.74) is 2.36. The number of nitrogens with zero attached hydrogens (tertiary/aromatic N) is 3. The van der Waals surface area contributed by atoms with E-state index < -0.39 is 0 Å². The number of carbonyl (C=O) groups is 2. The minimum atomic E-state index is -0.254. The van der Waals surface area contributed by atoms with Crippen LogP contribution in [0.2, 0.25) is 5.02 Å². The highest BCUT2D eigenvalue weighted by Gasteiger charge is 2.22. The normalized spacial score (nSPS) is 13.9. The molecule has 0 unspecified atom stereocenters. The Morgan fingerprint density at radius 2 is 1.70 bits per heavy atom.